The fourth-order valence-corrected chi connectivity index (χ4v) is 3.30. The van der Waals surface area contributed by atoms with Crippen LogP contribution >= 0.6 is 15.9 Å². The summed E-state index contributed by atoms with van der Waals surface area (Å²) in [5.74, 6) is 0.922. The molecule has 0 radical (unpaired) electrons. The van der Waals surface area contributed by atoms with Crippen molar-refractivity contribution in [3.63, 3.8) is 0 Å². The maximum atomic E-state index is 12.6. The molecule has 0 aromatic heterocycles. The Morgan fingerprint density at radius 3 is 2.24 bits per heavy atom. The highest BCUT2D eigenvalue weighted by Gasteiger charge is 2.22. The number of amides is 1. The fourth-order valence-electron chi connectivity index (χ4n) is 2.73. The fraction of sp³-hybridized carbons (Fsp3) is 0.381. The maximum absolute atomic E-state index is 12.6. The molecule has 0 aliphatic rings. The molecule has 0 saturated heterocycles. The van der Waals surface area contributed by atoms with E-state index >= 15 is 0 Å². The van der Waals surface area contributed by atoms with E-state index in [9.17, 15) is 4.79 Å². The van der Waals surface area contributed by atoms with Crippen LogP contribution in [0.5, 0.6) is 11.5 Å². The summed E-state index contributed by atoms with van der Waals surface area (Å²) in [6, 6.07) is 11.5. The minimum Gasteiger partial charge on any atom is -0.467 e. The number of rotatable bonds is 12. The maximum Gasteiger partial charge on any atom is 0.224 e. The lowest BCUT2D eigenvalue weighted by Crippen LogP contribution is -2.28. The topological polar surface area (TPSA) is 75.3 Å². The number of nitrogens with one attached hydrogen (secondary N) is 1. The summed E-state index contributed by atoms with van der Waals surface area (Å²) in [4.78, 5) is 12.6. The van der Waals surface area contributed by atoms with Crippen LogP contribution in [0.2, 0.25) is 0 Å². The minimum atomic E-state index is -0.137. The molecule has 0 heterocycles. The molecule has 2 aromatic rings. The van der Waals surface area contributed by atoms with Crippen LogP contribution in [0.4, 0.5) is 0 Å². The van der Waals surface area contributed by atoms with Crippen LogP contribution in [0.25, 0.3) is 11.1 Å². The molecule has 1 amide bonds. The first-order valence-corrected chi connectivity index (χ1v) is 9.81. The molecule has 1 N–H and O–H groups in total. The Labute approximate surface area is 179 Å². The van der Waals surface area contributed by atoms with Crippen molar-refractivity contribution in [2.45, 2.75) is 6.42 Å². The monoisotopic (exact) mass is 467 g/mol. The molecular formula is C21H26BrNO6. The van der Waals surface area contributed by atoms with Crippen molar-refractivity contribution in [3.8, 4) is 22.6 Å². The van der Waals surface area contributed by atoms with Crippen molar-refractivity contribution in [1.82, 2.24) is 5.32 Å². The van der Waals surface area contributed by atoms with Crippen LogP contribution < -0.4 is 14.8 Å². The predicted octanol–water partition coefficient (Wildman–Crippen LogP) is 3.39. The van der Waals surface area contributed by atoms with Gasteiger partial charge in [0.15, 0.2) is 13.6 Å². The van der Waals surface area contributed by atoms with E-state index in [0.717, 1.165) is 16.7 Å². The minimum absolute atomic E-state index is 0.0602. The number of halogens is 1. The third kappa shape index (κ3) is 6.71. The summed E-state index contributed by atoms with van der Waals surface area (Å²) < 4.78 is 27.3. The van der Waals surface area contributed by atoms with Crippen molar-refractivity contribution in [2.75, 3.05) is 48.1 Å². The normalized spacial score (nSPS) is 10.6. The van der Waals surface area contributed by atoms with E-state index in [4.69, 9.17) is 23.7 Å². The summed E-state index contributed by atoms with van der Waals surface area (Å²) in [5, 5.41) is 2.85. The van der Waals surface area contributed by atoms with Gasteiger partial charge in [-0.25, -0.2) is 0 Å². The van der Waals surface area contributed by atoms with Gasteiger partial charge in [-0.1, -0.05) is 30.3 Å². The Morgan fingerprint density at radius 1 is 0.966 bits per heavy atom. The summed E-state index contributed by atoms with van der Waals surface area (Å²) in [7, 11) is 4.68. The first-order chi connectivity index (χ1) is 14.1. The Balaban J connectivity index is 2.53. The lowest BCUT2D eigenvalue weighted by Gasteiger charge is -2.20. The summed E-state index contributed by atoms with van der Waals surface area (Å²) >= 11 is 3.60. The Bertz CT molecular complexity index is 784. The highest BCUT2D eigenvalue weighted by atomic mass is 79.9. The molecule has 158 valence electrons. The Morgan fingerprint density at radius 2 is 1.62 bits per heavy atom. The SMILES string of the molecule is COCCNC(=O)Cc1c(Br)c(OCOC)cc(OCOC)c1-c1ccccc1. The molecule has 29 heavy (non-hydrogen) atoms. The number of hydrogen-bond acceptors (Lipinski definition) is 6. The number of methoxy groups -OCH3 is 3. The molecule has 8 heteroatoms. The van der Waals surface area contributed by atoms with Gasteiger partial charge in [-0.2, -0.15) is 0 Å². The smallest absolute Gasteiger partial charge is 0.224 e. The molecule has 0 aliphatic heterocycles. The molecular weight excluding hydrogens is 442 g/mol. The first-order valence-electron chi connectivity index (χ1n) is 9.02. The van der Waals surface area contributed by atoms with E-state index in [1.54, 1.807) is 27.4 Å². The molecule has 7 nitrogen and oxygen atoms in total. The van der Waals surface area contributed by atoms with Crippen LogP contribution in [0.15, 0.2) is 40.9 Å². The van der Waals surface area contributed by atoms with Gasteiger partial charge in [0.25, 0.3) is 0 Å². The average molecular weight is 468 g/mol. The second kappa shape index (κ2) is 12.4. The summed E-state index contributed by atoms with van der Waals surface area (Å²) in [6.45, 7) is 0.995. The van der Waals surface area contributed by atoms with Gasteiger partial charge in [-0.3, -0.25) is 4.79 Å². The third-order valence-electron chi connectivity index (χ3n) is 3.98. The number of benzene rings is 2. The van der Waals surface area contributed by atoms with Crippen LogP contribution in [-0.4, -0.2) is 54.0 Å². The molecule has 0 aliphatic carbocycles. The van der Waals surface area contributed by atoms with E-state index in [2.05, 4.69) is 21.2 Å². The van der Waals surface area contributed by atoms with Gasteiger partial charge in [0.05, 0.1) is 17.5 Å². The zero-order chi connectivity index (χ0) is 21.1. The zero-order valence-electron chi connectivity index (χ0n) is 16.8. The second-order valence-corrected chi connectivity index (χ2v) is 6.82. The van der Waals surface area contributed by atoms with Crippen molar-refractivity contribution in [3.05, 3.63) is 46.4 Å². The van der Waals surface area contributed by atoms with Crippen LogP contribution in [0, 0.1) is 0 Å². The van der Waals surface area contributed by atoms with Crippen LogP contribution in [0.1, 0.15) is 5.56 Å². The van der Waals surface area contributed by atoms with Crippen molar-refractivity contribution in [2.24, 2.45) is 0 Å². The first kappa shape index (κ1) is 23.2. The quantitative estimate of drug-likeness (QED) is 0.380. The molecule has 0 unspecified atom stereocenters. The zero-order valence-corrected chi connectivity index (χ0v) is 18.4. The van der Waals surface area contributed by atoms with Crippen LogP contribution in [-0.2, 0) is 25.4 Å². The molecule has 0 fully saturated rings. The summed E-state index contributed by atoms with van der Waals surface area (Å²) in [6.07, 6.45) is 0.127. The van der Waals surface area contributed by atoms with Gasteiger partial charge >= 0.3 is 0 Å². The average Bonchev–Trinajstić information content (AvgIpc) is 2.73. The third-order valence-corrected chi connectivity index (χ3v) is 4.85. The van der Waals surface area contributed by atoms with Crippen molar-refractivity contribution >= 4 is 21.8 Å². The summed E-state index contributed by atoms with van der Waals surface area (Å²) in [5.41, 5.74) is 2.45. The van der Waals surface area contributed by atoms with E-state index < -0.39 is 0 Å². The Hall–Kier alpha value is -2.13. The van der Waals surface area contributed by atoms with E-state index in [1.165, 1.54) is 0 Å². The Kier molecular flexibility index (Phi) is 9.93. The largest absolute Gasteiger partial charge is 0.467 e. The van der Waals surface area contributed by atoms with Crippen molar-refractivity contribution in [1.29, 1.82) is 0 Å². The van der Waals surface area contributed by atoms with Crippen molar-refractivity contribution < 1.29 is 28.5 Å². The number of hydrogen-bond donors (Lipinski definition) is 1. The van der Waals surface area contributed by atoms with Gasteiger partial charge in [0, 0.05) is 39.5 Å². The van der Waals surface area contributed by atoms with Gasteiger partial charge < -0.3 is 29.0 Å². The van der Waals surface area contributed by atoms with Gasteiger partial charge in [0.1, 0.15) is 11.5 Å². The number of ether oxygens (including phenoxy) is 5. The van der Waals surface area contributed by atoms with E-state index in [0.29, 0.717) is 29.1 Å². The highest BCUT2D eigenvalue weighted by Crippen LogP contribution is 2.43. The van der Waals surface area contributed by atoms with Gasteiger partial charge in [-0.05, 0) is 27.1 Å². The molecule has 0 spiro atoms. The lowest BCUT2D eigenvalue weighted by atomic mass is 9.95. The molecule has 0 saturated carbocycles. The molecule has 0 bridgehead atoms. The highest BCUT2D eigenvalue weighted by molar-refractivity contribution is 9.10. The van der Waals surface area contributed by atoms with Crippen LogP contribution in [0.3, 0.4) is 0 Å². The lowest BCUT2D eigenvalue weighted by molar-refractivity contribution is -0.120. The number of carbonyl (C=O) groups excluding carboxylic acids is 1. The number of carbonyl (C=O) groups is 1. The molecule has 2 rings (SSSR count). The van der Waals surface area contributed by atoms with Gasteiger partial charge in [-0.15, -0.1) is 0 Å². The predicted molar refractivity (Wildman–Crippen MR) is 113 cm³/mol. The second-order valence-electron chi connectivity index (χ2n) is 6.03. The van der Waals surface area contributed by atoms with E-state index in [-0.39, 0.29) is 25.9 Å². The standard InChI is InChI=1S/C21H26BrNO6/c1-25-10-9-23-19(24)11-16-20(15-7-5-4-6-8-15)17(28-13-26-2)12-18(21(16)22)29-14-27-3/h4-8,12H,9-11,13-14H2,1-3H3,(H,23,24). The molecule has 2 aromatic carbocycles. The van der Waals surface area contributed by atoms with E-state index in [1.807, 2.05) is 30.3 Å². The molecule has 0 atom stereocenters. The van der Waals surface area contributed by atoms with Gasteiger partial charge in [0.2, 0.25) is 5.91 Å².